The molecule has 2 aromatic rings. The number of terminal acetylenes is 1. The summed E-state index contributed by atoms with van der Waals surface area (Å²) in [5.74, 6) is 2.94. The van der Waals surface area contributed by atoms with Crippen molar-refractivity contribution >= 4 is 29.3 Å². The quantitative estimate of drug-likeness (QED) is 0.766. The Bertz CT molecular complexity index is 799. The van der Waals surface area contributed by atoms with Gasteiger partial charge in [-0.3, -0.25) is 9.59 Å². The molecule has 134 valence electrons. The number of thioether (sulfide) groups is 1. The monoisotopic (exact) mass is 366 g/mol. The lowest BCUT2D eigenvalue weighted by Crippen LogP contribution is -2.43. The number of likely N-dealkylation sites (N-methyl/N-ethyl adjacent to an activating group) is 1. The topological polar surface area (TPSA) is 49.4 Å². The third-order valence-corrected chi connectivity index (χ3v) is 5.06. The molecular formula is C21H22N2O2S. The molecule has 0 radical (unpaired) electrons. The molecule has 1 N–H and O–H groups in total. The van der Waals surface area contributed by atoms with E-state index in [9.17, 15) is 9.59 Å². The first kappa shape index (κ1) is 19.6. The number of nitrogens with one attached hydrogen (secondary N) is 1. The fraction of sp³-hybridized carbons (Fsp3) is 0.238. The molecule has 0 fully saturated rings. The highest BCUT2D eigenvalue weighted by molar-refractivity contribution is 7.99. The van der Waals surface area contributed by atoms with Crippen LogP contribution < -0.4 is 10.2 Å². The zero-order chi connectivity index (χ0) is 18.9. The van der Waals surface area contributed by atoms with E-state index in [0.717, 1.165) is 11.3 Å². The molecule has 1 unspecified atom stereocenters. The van der Waals surface area contributed by atoms with Gasteiger partial charge in [0, 0.05) is 24.1 Å². The average Bonchev–Trinajstić information content (AvgIpc) is 2.70. The van der Waals surface area contributed by atoms with Crippen LogP contribution in [0.1, 0.15) is 18.1 Å². The van der Waals surface area contributed by atoms with Crippen molar-refractivity contribution in [1.82, 2.24) is 5.32 Å². The van der Waals surface area contributed by atoms with Crippen molar-refractivity contribution in [3.63, 3.8) is 0 Å². The van der Waals surface area contributed by atoms with Gasteiger partial charge in [0.05, 0.1) is 5.25 Å². The first-order valence-electron chi connectivity index (χ1n) is 8.29. The minimum atomic E-state index is -0.297. The van der Waals surface area contributed by atoms with Gasteiger partial charge in [-0.25, -0.2) is 0 Å². The van der Waals surface area contributed by atoms with Crippen LogP contribution in [-0.4, -0.2) is 30.7 Å². The summed E-state index contributed by atoms with van der Waals surface area (Å²) in [6.45, 7) is 1.82. The predicted molar refractivity (Wildman–Crippen MR) is 108 cm³/mol. The molecule has 2 aromatic carbocycles. The van der Waals surface area contributed by atoms with Gasteiger partial charge < -0.3 is 10.2 Å². The van der Waals surface area contributed by atoms with Crippen LogP contribution in [0.4, 0.5) is 5.69 Å². The number of rotatable bonds is 7. The van der Waals surface area contributed by atoms with Crippen LogP contribution in [0.25, 0.3) is 0 Å². The fourth-order valence-electron chi connectivity index (χ4n) is 2.37. The molecular weight excluding hydrogens is 344 g/mol. The van der Waals surface area contributed by atoms with Gasteiger partial charge in [0.15, 0.2) is 0 Å². The van der Waals surface area contributed by atoms with E-state index in [4.69, 9.17) is 6.42 Å². The maximum absolute atomic E-state index is 13.0. The zero-order valence-electron chi connectivity index (χ0n) is 14.9. The van der Waals surface area contributed by atoms with Crippen molar-refractivity contribution in [1.29, 1.82) is 0 Å². The fourth-order valence-corrected chi connectivity index (χ4v) is 3.27. The largest absolute Gasteiger partial charge is 0.358 e. The standard InChI is InChI=1S/C21H22N2O2S/c1-4-17-11-8-12-19(13-17)23(14-20(24)22-3)21(25)16(2)26-15-18-9-6-5-7-10-18/h1,5-13,16H,14-15H2,2-3H3,(H,22,24). The smallest absolute Gasteiger partial charge is 0.240 e. The summed E-state index contributed by atoms with van der Waals surface area (Å²) in [4.78, 5) is 26.4. The molecule has 0 spiro atoms. The van der Waals surface area contributed by atoms with Gasteiger partial charge in [-0.2, -0.15) is 0 Å². The van der Waals surface area contributed by atoms with Crippen LogP contribution in [0.2, 0.25) is 0 Å². The van der Waals surface area contributed by atoms with E-state index < -0.39 is 0 Å². The van der Waals surface area contributed by atoms with Gasteiger partial charge in [0.1, 0.15) is 6.54 Å². The lowest BCUT2D eigenvalue weighted by Gasteiger charge is -2.25. The van der Waals surface area contributed by atoms with Gasteiger partial charge >= 0.3 is 0 Å². The molecule has 2 amide bonds. The molecule has 0 aliphatic carbocycles. The van der Waals surface area contributed by atoms with Gasteiger partial charge in [-0.15, -0.1) is 18.2 Å². The minimum Gasteiger partial charge on any atom is -0.358 e. The molecule has 0 aliphatic rings. The first-order valence-corrected chi connectivity index (χ1v) is 9.34. The van der Waals surface area contributed by atoms with E-state index in [0.29, 0.717) is 11.3 Å². The summed E-state index contributed by atoms with van der Waals surface area (Å²) >= 11 is 1.54. The molecule has 0 saturated carbocycles. The van der Waals surface area contributed by atoms with Crippen LogP contribution in [0.5, 0.6) is 0 Å². The van der Waals surface area contributed by atoms with Crippen molar-refractivity contribution in [2.75, 3.05) is 18.5 Å². The van der Waals surface area contributed by atoms with Crippen molar-refractivity contribution in [3.05, 3.63) is 65.7 Å². The van der Waals surface area contributed by atoms with E-state index in [2.05, 4.69) is 11.2 Å². The lowest BCUT2D eigenvalue weighted by molar-refractivity contribution is -0.123. The summed E-state index contributed by atoms with van der Waals surface area (Å²) in [6.07, 6.45) is 5.46. The number of anilines is 1. The molecule has 0 heterocycles. The third-order valence-electron chi connectivity index (χ3n) is 3.86. The first-order chi connectivity index (χ1) is 12.5. The Kier molecular flexibility index (Phi) is 7.31. The second kappa shape index (κ2) is 9.69. The SMILES string of the molecule is C#Cc1cccc(N(CC(=O)NC)C(=O)C(C)SCc2ccccc2)c1. The van der Waals surface area contributed by atoms with E-state index in [1.807, 2.05) is 37.3 Å². The third kappa shape index (κ3) is 5.40. The molecule has 1 atom stereocenters. The summed E-state index contributed by atoms with van der Waals surface area (Å²) < 4.78 is 0. The van der Waals surface area contributed by atoms with Crippen LogP contribution in [0.3, 0.4) is 0 Å². The highest BCUT2D eigenvalue weighted by Crippen LogP contribution is 2.23. The Labute approximate surface area is 159 Å². The Balaban J connectivity index is 2.16. The van der Waals surface area contributed by atoms with E-state index >= 15 is 0 Å². The number of amides is 2. The normalized spacial score (nSPS) is 11.3. The van der Waals surface area contributed by atoms with Crippen molar-refractivity contribution in [2.24, 2.45) is 0 Å². The molecule has 0 aliphatic heterocycles. The maximum Gasteiger partial charge on any atom is 0.240 e. The number of nitrogens with zero attached hydrogens (tertiary/aromatic N) is 1. The second-order valence-electron chi connectivity index (χ2n) is 5.73. The van der Waals surface area contributed by atoms with E-state index in [1.165, 1.54) is 4.90 Å². The Hall–Kier alpha value is -2.71. The molecule has 26 heavy (non-hydrogen) atoms. The Morgan fingerprint density at radius 3 is 2.58 bits per heavy atom. The summed E-state index contributed by atoms with van der Waals surface area (Å²) in [7, 11) is 1.55. The summed E-state index contributed by atoms with van der Waals surface area (Å²) in [6, 6.07) is 17.1. The number of carbonyl (C=O) groups excluding carboxylic acids is 2. The second-order valence-corrected chi connectivity index (χ2v) is 7.06. The van der Waals surface area contributed by atoms with Gasteiger partial charge in [-0.05, 0) is 30.7 Å². The van der Waals surface area contributed by atoms with E-state index in [-0.39, 0.29) is 23.6 Å². The zero-order valence-corrected chi connectivity index (χ0v) is 15.8. The molecule has 5 heteroatoms. The number of hydrogen-bond acceptors (Lipinski definition) is 3. The predicted octanol–water partition coefficient (Wildman–Crippen LogP) is 3.07. The number of benzene rings is 2. The summed E-state index contributed by atoms with van der Waals surface area (Å²) in [5, 5.41) is 2.27. The van der Waals surface area contributed by atoms with Gasteiger partial charge in [-0.1, -0.05) is 42.3 Å². The number of hydrogen-bond donors (Lipinski definition) is 1. The molecule has 4 nitrogen and oxygen atoms in total. The van der Waals surface area contributed by atoms with E-state index in [1.54, 1.807) is 43.1 Å². The van der Waals surface area contributed by atoms with Crippen LogP contribution in [0, 0.1) is 12.3 Å². The average molecular weight is 366 g/mol. The Morgan fingerprint density at radius 1 is 1.19 bits per heavy atom. The Morgan fingerprint density at radius 2 is 1.92 bits per heavy atom. The van der Waals surface area contributed by atoms with Crippen LogP contribution in [-0.2, 0) is 15.3 Å². The van der Waals surface area contributed by atoms with Crippen molar-refractivity contribution < 1.29 is 9.59 Å². The van der Waals surface area contributed by atoms with Gasteiger partial charge in [0.2, 0.25) is 11.8 Å². The highest BCUT2D eigenvalue weighted by atomic mass is 32.2. The van der Waals surface area contributed by atoms with Gasteiger partial charge in [0.25, 0.3) is 0 Å². The molecule has 0 saturated heterocycles. The molecule has 0 aromatic heterocycles. The number of carbonyl (C=O) groups is 2. The lowest BCUT2D eigenvalue weighted by atomic mass is 10.2. The van der Waals surface area contributed by atoms with Crippen molar-refractivity contribution in [3.8, 4) is 12.3 Å². The van der Waals surface area contributed by atoms with Crippen LogP contribution in [0.15, 0.2) is 54.6 Å². The van der Waals surface area contributed by atoms with Crippen molar-refractivity contribution in [2.45, 2.75) is 17.9 Å². The molecule has 2 rings (SSSR count). The maximum atomic E-state index is 13.0. The van der Waals surface area contributed by atoms with Crippen LogP contribution >= 0.6 is 11.8 Å². The molecule has 0 bridgehead atoms. The minimum absolute atomic E-state index is 0.0421. The summed E-state index contributed by atoms with van der Waals surface area (Å²) in [5.41, 5.74) is 2.45. The highest BCUT2D eigenvalue weighted by Gasteiger charge is 2.24.